The number of primary sulfonamides is 1. The SMILES string of the molecule is NS(=O)(=O)c1ccc(NC(=O)c2nn3c(c2Br)N[C@H](c2ccccc2)C[C@H]3C(F)(F)F)cc1. The third kappa shape index (κ3) is 4.75. The van der Waals surface area contributed by atoms with Crippen LogP contribution in [0, 0.1) is 0 Å². The number of fused-ring (bicyclic) bond motifs is 1. The van der Waals surface area contributed by atoms with Crippen LogP contribution in [-0.4, -0.2) is 30.3 Å². The first-order valence-electron chi connectivity index (χ1n) is 9.55. The Balaban J connectivity index is 1.65. The summed E-state index contributed by atoms with van der Waals surface area (Å²) < 4.78 is 65.2. The van der Waals surface area contributed by atoms with Gasteiger partial charge < -0.3 is 10.6 Å². The van der Waals surface area contributed by atoms with Crippen LogP contribution >= 0.6 is 15.9 Å². The Morgan fingerprint density at radius 2 is 1.79 bits per heavy atom. The molecule has 0 bridgehead atoms. The number of carbonyl (C=O) groups is 1. The van der Waals surface area contributed by atoms with Gasteiger partial charge >= 0.3 is 6.18 Å². The number of nitrogens with one attached hydrogen (secondary N) is 2. The molecule has 0 aliphatic carbocycles. The molecular weight excluding hydrogens is 527 g/mol. The van der Waals surface area contributed by atoms with Crippen molar-refractivity contribution in [2.24, 2.45) is 5.14 Å². The van der Waals surface area contributed by atoms with Gasteiger partial charge in [-0.15, -0.1) is 0 Å². The third-order valence-electron chi connectivity index (χ3n) is 5.15. The zero-order valence-electron chi connectivity index (χ0n) is 16.7. The number of aromatic nitrogens is 2. The van der Waals surface area contributed by atoms with Gasteiger partial charge in [-0.1, -0.05) is 30.3 Å². The van der Waals surface area contributed by atoms with E-state index in [-0.39, 0.29) is 33.0 Å². The van der Waals surface area contributed by atoms with Crippen LogP contribution in [-0.2, 0) is 10.0 Å². The van der Waals surface area contributed by atoms with Crippen LogP contribution in [0.4, 0.5) is 24.7 Å². The van der Waals surface area contributed by atoms with Gasteiger partial charge in [-0.3, -0.25) is 4.79 Å². The van der Waals surface area contributed by atoms with E-state index >= 15 is 0 Å². The van der Waals surface area contributed by atoms with Crippen molar-refractivity contribution in [3.8, 4) is 0 Å². The Labute approximate surface area is 195 Å². The van der Waals surface area contributed by atoms with Gasteiger partial charge in [0.25, 0.3) is 5.91 Å². The van der Waals surface area contributed by atoms with Crippen LogP contribution in [0.2, 0.25) is 0 Å². The maximum Gasteiger partial charge on any atom is 0.410 e. The van der Waals surface area contributed by atoms with Crippen molar-refractivity contribution >= 4 is 43.4 Å². The summed E-state index contributed by atoms with van der Waals surface area (Å²) in [5.74, 6) is -0.738. The van der Waals surface area contributed by atoms with Crippen molar-refractivity contribution in [3.63, 3.8) is 0 Å². The lowest BCUT2D eigenvalue weighted by Gasteiger charge is -2.33. The van der Waals surface area contributed by atoms with E-state index in [2.05, 4.69) is 31.7 Å². The summed E-state index contributed by atoms with van der Waals surface area (Å²) in [6, 6.07) is 11.1. The minimum Gasteiger partial charge on any atom is -0.362 e. The Morgan fingerprint density at radius 1 is 1.15 bits per heavy atom. The normalized spacial score (nSPS) is 18.3. The average molecular weight is 544 g/mol. The highest BCUT2D eigenvalue weighted by Gasteiger charge is 2.47. The molecule has 1 amide bonds. The molecule has 174 valence electrons. The summed E-state index contributed by atoms with van der Waals surface area (Å²) in [7, 11) is -3.91. The van der Waals surface area contributed by atoms with E-state index in [1.54, 1.807) is 30.3 Å². The summed E-state index contributed by atoms with van der Waals surface area (Å²) in [6.45, 7) is 0. The van der Waals surface area contributed by atoms with Gasteiger partial charge in [-0.05, 0) is 45.8 Å². The maximum absolute atomic E-state index is 13.9. The molecule has 1 aliphatic heterocycles. The third-order valence-corrected chi connectivity index (χ3v) is 6.83. The second-order valence-corrected chi connectivity index (χ2v) is 9.73. The zero-order valence-corrected chi connectivity index (χ0v) is 19.1. The van der Waals surface area contributed by atoms with Crippen molar-refractivity contribution in [1.29, 1.82) is 0 Å². The van der Waals surface area contributed by atoms with Gasteiger partial charge in [0.15, 0.2) is 11.7 Å². The predicted octanol–water partition coefficient (Wildman–Crippen LogP) is 4.21. The van der Waals surface area contributed by atoms with Crippen molar-refractivity contribution in [2.45, 2.75) is 29.6 Å². The number of anilines is 2. The largest absolute Gasteiger partial charge is 0.410 e. The molecule has 2 heterocycles. The lowest BCUT2D eigenvalue weighted by atomic mass is 9.97. The van der Waals surface area contributed by atoms with Gasteiger partial charge in [0.2, 0.25) is 10.0 Å². The molecule has 8 nitrogen and oxygen atoms in total. The molecule has 0 radical (unpaired) electrons. The number of alkyl halides is 3. The molecule has 2 atom stereocenters. The highest BCUT2D eigenvalue weighted by Crippen LogP contribution is 2.46. The van der Waals surface area contributed by atoms with Crippen molar-refractivity contribution < 1.29 is 26.4 Å². The number of sulfonamides is 1. The monoisotopic (exact) mass is 543 g/mol. The molecule has 0 saturated carbocycles. The molecule has 0 saturated heterocycles. The molecule has 13 heteroatoms. The number of benzene rings is 2. The molecular formula is C20H17BrF3N5O3S. The maximum atomic E-state index is 13.9. The molecule has 0 unspecified atom stereocenters. The van der Waals surface area contributed by atoms with Crippen molar-refractivity contribution in [3.05, 3.63) is 70.3 Å². The van der Waals surface area contributed by atoms with Crippen LogP contribution in [0.15, 0.2) is 64.0 Å². The van der Waals surface area contributed by atoms with E-state index in [0.717, 1.165) is 4.68 Å². The predicted molar refractivity (Wildman–Crippen MR) is 118 cm³/mol. The Bertz CT molecular complexity index is 1290. The van der Waals surface area contributed by atoms with Crippen molar-refractivity contribution in [1.82, 2.24) is 9.78 Å². The fourth-order valence-corrected chi connectivity index (χ4v) is 4.63. The molecule has 33 heavy (non-hydrogen) atoms. The molecule has 0 spiro atoms. The summed E-state index contributed by atoms with van der Waals surface area (Å²) in [5, 5.41) is 14.5. The van der Waals surface area contributed by atoms with Crippen molar-refractivity contribution in [2.75, 3.05) is 10.6 Å². The molecule has 4 N–H and O–H groups in total. The summed E-state index contributed by atoms with van der Waals surface area (Å²) in [5.41, 5.74) is 0.635. The lowest BCUT2D eigenvalue weighted by molar-refractivity contribution is -0.173. The standard InChI is InChI=1S/C20H17BrF3N5O3S/c21-16-17(19(30)26-12-6-8-13(9-7-12)33(25,31)32)28-29-15(20(22,23)24)10-14(27-18(16)29)11-4-2-1-3-5-11/h1-9,14-15,27H,10H2,(H,26,30)(H2,25,31,32)/t14-,15-/m0/s1. The number of hydrogen-bond donors (Lipinski definition) is 3. The summed E-state index contributed by atoms with van der Waals surface area (Å²) in [6.07, 6.45) is -4.89. The van der Waals surface area contributed by atoms with Crippen LogP contribution in [0.25, 0.3) is 0 Å². The Kier molecular flexibility index (Phi) is 5.97. The fourth-order valence-electron chi connectivity index (χ4n) is 3.56. The lowest BCUT2D eigenvalue weighted by Crippen LogP contribution is -2.35. The van der Waals surface area contributed by atoms with Gasteiger partial charge in [-0.2, -0.15) is 18.3 Å². The van der Waals surface area contributed by atoms with Crippen LogP contribution in [0.5, 0.6) is 0 Å². The van der Waals surface area contributed by atoms with Gasteiger partial charge in [-0.25, -0.2) is 18.2 Å². The van der Waals surface area contributed by atoms with Crippen LogP contribution in [0.1, 0.15) is 34.6 Å². The number of hydrogen-bond acceptors (Lipinski definition) is 5. The number of amides is 1. The number of carbonyl (C=O) groups excluding carboxylic acids is 1. The van der Waals surface area contributed by atoms with Crippen LogP contribution < -0.4 is 15.8 Å². The Hall–Kier alpha value is -2.90. The first-order valence-corrected chi connectivity index (χ1v) is 11.9. The fraction of sp³-hybridized carbons (Fsp3) is 0.200. The molecule has 0 fully saturated rings. The number of nitrogens with zero attached hydrogens (tertiary/aromatic N) is 2. The topological polar surface area (TPSA) is 119 Å². The average Bonchev–Trinajstić information content (AvgIpc) is 3.09. The second-order valence-electron chi connectivity index (χ2n) is 7.38. The van der Waals surface area contributed by atoms with E-state index in [4.69, 9.17) is 5.14 Å². The molecule has 2 aromatic carbocycles. The van der Waals surface area contributed by atoms with Gasteiger partial charge in [0, 0.05) is 12.1 Å². The highest BCUT2D eigenvalue weighted by molar-refractivity contribution is 9.10. The first kappa shape index (κ1) is 23.3. The van der Waals surface area contributed by atoms with Gasteiger partial charge in [0.1, 0.15) is 5.82 Å². The number of nitrogens with two attached hydrogens (primary N) is 1. The molecule has 3 aromatic rings. The highest BCUT2D eigenvalue weighted by atomic mass is 79.9. The molecule has 1 aliphatic rings. The smallest absolute Gasteiger partial charge is 0.362 e. The Morgan fingerprint density at radius 3 is 2.36 bits per heavy atom. The van der Waals surface area contributed by atoms with Gasteiger partial charge in [0.05, 0.1) is 15.4 Å². The number of rotatable bonds is 4. The minimum atomic E-state index is -4.59. The molecule has 1 aromatic heterocycles. The van der Waals surface area contributed by atoms with E-state index < -0.39 is 34.2 Å². The number of halogens is 4. The second kappa shape index (κ2) is 8.47. The first-order chi connectivity index (χ1) is 15.4. The van der Waals surface area contributed by atoms with E-state index in [1.165, 1.54) is 24.3 Å². The van der Waals surface area contributed by atoms with Crippen LogP contribution in [0.3, 0.4) is 0 Å². The summed E-state index contributed by atoms with van der Waals surface area (Å²) in [4.78, 5) is 12.6. The van der Waals surface area contributed by atoms with E-state index in [0.29, 0.717) is 5.56 Å². The molecule has 4 rings (SSSR count). The van der Waals surface area contributed by atoms with E-state index in [1.807, 2.05) is 0 Å². The minimum absolute atomic E-state index is 0.0344. The summed E-state index contributed by atoms with van der Waals surface area (Å²) >= 11 is 3.21. The zero-order chi connectivity index (χ0) is 24.0. The van der Waals surface area contributed by atoms with E-state index in [9.17, 15) is 26.4 Å². The quantitative estimate of drug-likeness (QED) is 0.455.